The van der Waals surface area contributed by atoms with E-state index in [0.29, 0.717) is 5.69 Å². The molecule has 0 bridgehead atoms. The van der Waals surface area contributed by atoms with Gasteiger partial charge in [0.1, 0.15) is 6.04 Å². The van der Waals surface area contributed by atoms with Crippen LogP contribution in [0.4, 0.5) is 11.4 Å². The maximum Gasteiger partial charge on any atom is 0.262 e. The highest BCUT2D eigenvalue weighted by atomic mass is 16.2. The van der Waals surface area contributed by atoms with Crippen LogP contribution in [0.15, 0.2) is 48.5 Å². The van der Waals surface area contributed by atoms with E-state index < -0.39 is 29.7 Å². The van der Waals surface area contributed by atoms with Crippen molar-refractivity contribution in [1.29, 1.82) is 0 Å². The Hall–Kier alpha value is -3.48. The first-order valence-corrected chi connectivity index (χ1v) is 8.22. The van der Waals surface area contributed by atoms with Crippen LogP contribution in [-0.2, 0) is 9.59 Å². The van der Waals surface area contributed by atoms with Gasteiger partial charge in [-0.15, -0.1) is 0 Å². The number of carbonyl (C=O) groups excluding carboxylic acids is 4. The molecule has 4 rings (SSSR count). The molecule has 130 valence electrons. The number of para-hydroxylation sites is 1. The molecule has 7 nitrogen and oxygen atoms in total. The molecule has 2 aromatic carbocycles. The van der Waals surface area contributed by atoms with E-state index in [1.807, 2.05) is 30.3 Å². The van der Waals surface area contributed by atoms with Gasteiger partial charge in [-0.2, -0.15) is 0 Å². The molecule has 0 aromatic heterocycles. The van der Waals surface area contributed by atoms with E-state index in [1.165, 1.54) is 0 Å². The van der Waals surface area contributed by atoms with Crippen molar-refractivity contribution in [3.8, 4) is 0 Å². The SMILES string of the molecule is O=C1CCC(N2C(=O)c3ccc(Nc4ccccc4)cc3C2=O)C(=O)N1. The summed E-state index contributed by atoms with van der Waals surface area (Å²) < 4.78 is 0. The van der Waals surface area contributed by atoms with Crippen molar-refractivity contribution in [2.75, 3.05) is 5.32 Å². The first-order valence-electron chi connectivity index (χ1n) is 8.22. The Morgan fingerprint density at radius 3 is 2.35 bits per heavy atom. The van der Waals surface area contributed by atoms with Gasteiger partial charge in [0.05, 0.1) is 11.1 Å². The van der Waals surface area contributed by atoms with Gasteiger partial charge in [0.15, 0.2) is 0 Å². The number of rotatable bonds is 3. The average Bonchev–Trinajstić information content (AvgIpc) is 2.87. The second-order valence-corrected chi connectivity index (χ2v) is 6.20. The summed E-state index contributed by atoms with van der Waals surface area (Å²) in [4.78, 5) is 49.7. The number of amides is 4. The number of piperidine rings is 1. The number of fused-ring (bicyclic) bond motifs is 1. The Morgan fingerprint density at radius 1 is 0.885 bits per heavy atom. The van der Waals surface area contributed by atoms with E-state index in [9.17, 15) is 19.2 Å². The second-order valence-electron chi connectivity index (χ2n) is 6.20. The zero-order chi connectivity index (χ0) is 18.3. The van der Waals surface area contributed by atoms with Crippen LogP contribution in [0.25, 0.3) is 0 Å². The van der Waals surface area contributed by atoms with Gasteiger partial charge in [-0.25, -0.2) is 0 Å². The summed E-state index contributed by atoms with van der Waals surface area (Å²) in [6.07, 6.45) is 0.246. The molecule has 26 heavy (non-hydrogen) atoms. The maximum atomic E-state index is 12.8. The molecule has 1 saturated heterocycles. The molecule has 4 amide bonds. The summed E-state index contributed by atoms with van der Waals surface area (Å²) in [5.74, 6) is -2.03. The highest BCUT2D eigenvalue weighted by Gasteiger charge is 2.44. The van der Waals surface area contributed by atoms with E-state index >= 15 is 0 Å². The molecule has 1 fully saturated rings. The molecule has 1 unspecified atom stereocenters. The zero-order valence-electron chi connectivity index (χ0n) is 13.7. The molecule has 2 aliphatic rings. The Bertz CT molecular complexity index is 939. The molecule has 2 aliphatic heterocycles. The molecule has 1 atom stereocenters. The van der Waals surface area contributed by atoms with Gasteiger partial charge >= 0.3 is 0 Å². The minimum absolute atomic E-state index is 0.102. The Morgan fingerprint density at radius 2 is 1.62 bits per heavy atom. The number of benzene rings is 2. The van der Waals surface area contributed by atoms with Crippen LogP contribution in [0.1, 0.15) is 33.6 Å². The van der Waals surface area contributed by atoms with Crippen molar-refractivity contribution in [2.24, 2.45) is 0 Å². The normalized spacial score (nSPS) is 19.4. The van der Waals surface area contributed by atoms with Gasteiger partial charge in [-0.1, -0.05) is 18.2 Å². The van der Waals surface area contributed by atoms with Crippen LogP contribution < -0.4 is 10.6 Å². The molecule has 7 heteroatoms. The van der Waals surface area contributed by atoms with E-state index in [4.69, 9.17) is 0 Å². The molecular weight excluding hydrogens is 334 g/mol. The largest absolute Gasteiger partial charge is 0.356 e. The van der Waals surface area contributed by atoms with Crippen molar-refractivity contribution >= 4 is 35.0 Å². The Balaban J connectivity index is 1.62. The molecule has 2 heterocycles. The standard InChI is InChI=1S/C19H15N3O4/c23-16-9-8-15(17(24)21-16)22-18(25)13-7-6-12(10-14(13)19(22)26)20-11-4-2-1-3-5-11/h1-7,10,15,20H,8-9H2,(H,21,23,24). The lowest BCUT2D eigenvalue weighted by Crippen LogP contribution is -2.54. The number of hydrogen-bond acceptors (Lipinski definition) is 5. The topological polar surface area (TPSA) is 95.6 Å². The van der Waals surface area contributed by atoms with Crippen LogP contribution >= 0.6 is 0 Å². The van der Waals surface area contributed by atoms with Crippen molar-refractivity contribution in [3.63, 3.8) is 0 Å². The average molecular weight is 349 g/mol. The smallest absolute Gasteiger partial charge is 0.262 e. The predicted octanol–water partition coefficient (Wildman–Crippen LogP) is 1.83. The van der Waals surface area contributed by atoms with Crippen LogP contribution in [0.2, 0.25) is 0 Å². The minimum atomic E-state index is -0.953. The first-order chi connectivity index (χ1) is 12.5. The van der Waals surface area contributed by atoms with Crippen molar-refractivity contribution in [2.45, 2.75) is 18.9 Å². The number of nitrogens with zero attached hydrogens (tertiary/aromatic N) is 1. The summed E-state index contributed by atoms with van der Waals surface area (Å²) in [7, 11) is 0. The lowest BCUT2D eigenvalue weighted by molar-refractivity contribution is -0.136. The van der Waals surface area contributed by atoms with Gasteiger partial charge in [-0.05, 0) is 36.8 Å². The molecule has 2 N–H and O–H groups in total. The summed E-state index contributed by atoms with van der Waals surface area (Å²) in [6, 6.07) is 13.4. The number of imide groups is 2. The highest BCUT2D eigenvalue weighted by molar-refractivity contribution is 6.23. The molecule has 0 saturated carbocycles. The fourth-order valence-corrected chi connectivity index (χ4v) is 3.24. The number of hydrogen-bond donors (Lipinski definition) is 2. The first kappa shape index (κ1) is 16.0. The quantitative estimate of drug-likeness (QED) is 0.824. The third-order valence-corrected chi connectivity index (χ3v) is 4.50. The molecule has 0 aliphatic carbocycles. The van der Waals surface area contributed by atoms with Gasteiger partial charge in [0.25, 0.3) is 11.8 Å². The van der Waals surface area contributed by atoms with E-state index in [1.54, 1.807) is 18.2 Å². The van der Waals surface area contributed by atoms with Crippen LogP contribution in [-0.4, -0.2) is 34.6 Å². The maximum absolute atomic E-state index is 12.8. The second kappa shape index (κ2) is 6.11. The van der Waals surface area contributed by atoms with Gasteiger partial charge in [0, 0.05) is 17.8 Å². The third-order valence-electron chi connectivity index (χ3n) is 4.50. The van der Waals surface area contributed by atoms with Gasteiger partial charge < -0.3 is 5.32 Å². The van der Waals surface area contributed by atoms with Crippen LogP contribution in [0.3, 0.4) is 0 Å². The summed E-state index contributed by atoms with van der Waals surface area (Å²) >= 11 is 0. The fraction of sp³-hybridized carbons (Fsp3) is 0.158. The van der Waals surface area contributed by atoms with Gasteiger partial charge in [-0.3, -0.25) is 29.4 Å². The summed E-state index contributed by atoms with van der Waals surface area (Å²) in [5, 5.41) is 5.35. The fourth-order valence-electron chi connectivity index (χ4n) is 3.24. The summed E-state index contributed by atoms with van der Waals surface area (Å²) in [5.41, 5.74) is 2.03. The molecule has 2 aromatic rings. The van der Waals surface area contributed by atoms with E-state index in [2.05, 4.69) is 10.6 Å². The monoisotopic (exact) mass is 349 g/mol. The Kier molecular flexibility index (Phi) is 3.76. The third kappa shape index (κ3) is 2.63. The van der Waals surface area contributed by atoms with Crippen LogP contribution in [0.5, 0.6) is 0 Å². The summed E-state index contributed by atoms with van der Waals surface area (Å²) in [6.45, 7) is 0. The van der Waals surface area contributed by atoms with Crippen molar-refractivity contribution in [1.82, 2.24) is 10.2 Å². The lowest BCUT2D eigenvalue weighted by atomic mass is 10.0. The van der Waals surface area contributed by atoms with Crippen LogP contribution in [0, 0.1) is 0 Å². The predicted molar refractivity (Wildman–Crippen MR) is 92.8 cm³/mol. The van der Waals surface area contributed by atoms with Gasteiger partial charge in [0.2, 0.25) is 11.8 Å². The number of carbonyl (C=O) groups is 4. The molecular formula is C19H15N3O4. The van der Waals surface area contributed by atoms with Crippen molar-refractivity contribution < 1.29 is 19.2 Å². The zero-order valence-corrected chi connectivity index (χ0v) is 13.7. The Labute approximate surface area is 149 Å². The number of nitrogens with one attached hydrogen (secondary N) is 2. The molecule has 0 radical (unpaired) electrons. The molecule has 0 spiro atoms. The number of anilines is 2. The highest BCUT2D eigenvalue weighted by Crippen LogP contribution is 2.30. The lowest BCUT2D eigenvalue weighted by Gasteiger charge is -2.27. The van der Waals surface area contributed by atoms with E-state index in [0.717, 1.165) is 10.6 Å². The minimum Gasteiger partial charge on any atom is -0.356 e. The van der Waals surface area contributed by atoms with E-state index in [-0.39, 0.29) is 24.0 Å². The van der Waals surface area contributed by atoms with Crippen molar-refractivity contribution in [3.05, 3.63) is 59.7 Å².